The van der Waals surface area contributed by atoms with Crippen molar-refractivity contribution in [2.24, 2.45) is 4.99 Å². The number of anilines is 1. The number of thiazole rings is 1. The highest BCUT2D eigenvalue weighted by atomic mass is 127. The normalized spacial score (nSPS) is 17.2. The second kappa shape index (κ2) is 10.4. The van der Waals surface area contributed by atoms with Crippen LogP contribution in [-0.4, -0.2) is 37.1 Å². The van der Waals surface area contributed by atoms with Gasteiger partial charge in [0.2, 0.25) is 0 Å². The molecule has 0 radical (unpaired) electrons. The van der Waals surface area contributed by atoms with Crippen molar-refractivity contribution in [3.05, 3.63) is 45.2 Å². The van der Waals surface area contributed by atoms with Gasteiger partial charge in [0.05, 0.1) is 17.2 Å². The number of benzene rings is 1. The molecular weight excluding hydrogens is 488 g/mol. The number of aromatic nitrogens is 1. The first-order valence-electron chi connectivity index (χ1n) is 9.37. The Morgan fingerprint density at radius 2 is 2.14 bits per heavy atom. The van der Waals surface area contributed by atoms with Crippen LogP contribution < -0.4 is 15.5 Å². The summed E-state index contributed by atoms with van der Waals surface area (Å²) in [6, 6.07) is 5.33. The van der Waals surface area contributed by atoms with E-state index in [4.69, 9.17) is 0 Å². The number of aryl methyl sites for hydroxylation is 3. The fourth-order valence-corrected chi connectivity index (χ4v) is 4.45. The maximum absolute atomic E-state index is 13.4. The van der Waals surface area contributed by atoms with E-state index in [-0.39, 0.29) is 29.8 Å². The molecule has 0 saturated carbocycles. The molecule has 1 saturated heterocycles. The summed E-state index contributed by atoms with van der Waals surface area (Å²) in [6.45, 7) is 8.64. The van der Waals surface area contributed by atoms with Gasteiger partial charge in [-0.2, -0.15) is 0 Å². The summed E-state index contributed by atoms with van der Waals surface area (Å²) in [6.07, 6.45) is 2.19. The standard InChI is InChI=1S/C20H28FN5S.HI/c1-13-10-16(21)7-8-18(13)26-9-5-6-17(12-26)25-20(22-4)23-11-19-14(2)24-15(3)27-19;/h7-8,10,17H,5-6,9,11-12H2,1-4H3,(H2,22,23,25);1H. The van der Waals surface area contributed by atoms with Crippen molar-refractivity contribution in [1.82, 2.24) is 15.6 Å². The highest BCUT2D eigenvalue weighted by Gasteiger charge is 2.22. The average molecular weight is 517 g/mol. The number of hydrogen-bond acceptors (Lipinski definition) is 4. The lowest BCUT2D eigenvalue weighted by Crippen LogP contribution is -2.51. The van der Waals surface area contributed by atoms with Crippen molar-refractivity contribution in [3.63, 3.8) is 0 Å². The van der Waals surface area contributed by atoms with E-state index in [0.29, 0.717) is 6.04 Å². The lowest BCUT2D eigenvalue weighted by molar-refractivity contribution is 0.467. The highest BCUT2D eigenvalue weighted by Crippen LogP contribution is 2.24. The molecule has 1 aromatic carbocycles. The molecule has 0 aliphatic carbocycles. The van der Waals surface area contributed by atoms with Crippen LogP contribution in [0.1, 0.15) is 34.0 Å². The van der Waals surface area contributed by atoms with E-state index < -0.39 is 0 Å². The fourth-order valence-electron chi connectivity index (χ4n) is 3.58. The predicted octanol–water partition coefficient (Wildman–Crippen LogP) is 4.16. The maximum Gasteiger partial charge on any atom is 0.191 e. The summed E-state index contributed by atoms with van der Waals surface area (Å²) in [4.78, 5) is 12.4. The number of hydrogen-bond donors (Lipinski definition) is 2. The van der Waals surface area contributed by atoms with Crippen molar-refractivity contribution < 1.29 is 4.39 Å². The molecule has 1 unspecified atom stereocenters. The molecule has 1 aromatic heterocycles. The number of guanidine groups is 1. The monoisotopic (exact) mass is 517 g/mol. The molecule has 0 bridgehead atoms. The highest BCUT2D eigenvalue weighted by molar-refractivity contribution is 14.0. The summed E-state index contributed by atoms with van der Waals surface area (Å²) in [5.74, 6) is 0.629. The Morgan fingerprint density at radius 1 is 1.36 bits per heavy atom. The van der Waals surface area contributed by atoms with Crippen molar-refractivity contribution in [1.29, 1.82) is 0 Å². The molecule has 2 aromatic rings. The lowest BCUT2D eigenvalue weighted by Gasteiger charge is -2.36. The van der Waals surface area contributed by atoms with Gasteiger partial charge in [-0.1, -0.05) is 0 Å². The molecule has 1 aliphatic heterocycles. The van der Waals surface area contributed by atoms with Crippen molar-refractivity contribution >= 4 is 47.0 Å². The Labute approximate surface area is 187 Å². The van der Waals surface area contributed by atoms with Crippen LogP contribution in [-0.2, 0) is 6.54 Å². The van der Waals surface area contributed by atoms with Crippen molar-refractivity contribution in [2.45, 2.75) is 46.2 Å². The zero-order valence-electron chi connectivity index (χ0n) is 16.9. The lowest BCUT2D eigenvalue weighted by atomic mass is 10.0. The number of rotatable bonds is 4. The van der Waals surface area contributed by atoms with Gasteiger partial charge in [0.25, 0.3) is 0 Å². The van der Waals surface area contributed by atoms with Gasteiger partial charge in [-0.25, -0.2) is 9.37 Å². The van der Waals surface area contributed by atoms with Gasteiger partial charge in [0, 0.05) is 36.7 Å². The molecular formula is C20H29FIN5S. The topological polar surface area (TPSA) is 52.6 Å². The summed E-state index contributed by atoms with van der Waals surface area (Å²) in [5.41, 5.74) is 3.17. The van der Waals surface area contributed by atoms with Crippen molar-refractivity contribution in [3.8, 4) is 0 Å². The van der Waals surface area contributed by atoms with Crippen molar-refractivity contribution in [2.75, 3.05) is 25.0 Å². The van der Waals surface area contributed by atoms with E-state index in [9.17, 15) is 4.39 Å². The number of halogens is 2. The first kappa shape index (κ1) is 22.9. The molecule has 2 N–H and O–H groups in total. The molecule has 0 amide bonds. The minimum atomic E-state index is -0.180. The third-order valence-corrected chi connectivity index (χ3v) is 5.97. The van der Waals surface area contributed by atoms with Crippen LogP contribution in [0, 0.1) is 26.6 Å². The minimum Gasteiger partial charge on any atom is -0.369 e. The van der Waals surface area contributed by atoms with E-state index in [0.717, 1.165) is 60.4 Å². The van der Waals surface area contributed by atoms with E-state index in [2.05, 4.69) is 25.5 Å². The first-order chi connectivity index (χ1) is 13.0. The second-order valence-electron chi connectivity index (χ2n) is 7.03. The Balaban J connectivity index is 0.00000280. The Hall–Kier alpha value is -1.42. The molecule has 28 heavy (non-hydrogen) atoms. The molecule has 1 atom stereocenters. The minimum absolute atomic E-state index is 0. The quantitative estimate of drug-likeness (QED) is 0.364. The van der Waals surface area contributed by atoms with Crippen LogP contribution in [0.3, 0.4) is 0 Å². The van der Waals surface area contributed by atoms with E-state index in [1.54, 1.807) is 30.5 Å². The number of nitrogens with one attached hydrogen (secondary N) is 2. The number of nitrogens with zero attached hydrogens (tertiary/aromatic N) is 3. The Kier molecular flexibility index (Phi) is 8.48. The Bertz CT molecular complexity index is 823. The molecule has 8 heteroatoms. The third kappa shape index (κ3) is 5.79. The van der Waals surface area contributed by atoms with Crippen LogP contribution in [0.25, 0.3) is 0 Å². The SMILES string of the molecule is CN=C(NCc1sc(C)nc1C)NC1CCCN(c2ccc(F)cc2C)C1.I. The van der Waals surface area contributed by atoms with E-state index in [1.165, 1.54) is 4.88 Å². The molecule has 2 heterocycles. The zero-order chi connectivity index (χ0) is 19.4. The van der Waals surface area contributed by atoms with Gasteiger partial charge in [0.15, 0.2) is 5.96 Å². The van der Waals surface area contributed by atoms with Crippen LogP contribution in [0.2, 0.25) is 0 Å². The Morgan fingerprint density at radius 3 is 2.79 bits per heavy atom. The van der Waals surface area contributed by atoms with Gasteiger partial charge in [-0.05, 0) is 57.4 Å². The van der Waals surface area contributed by atoms with Crippen LogP contribution in [0.15, 0.2) is 23.2 Å². The largest absolute Gasteiger partial charge is 0.369 e. The molecule has 3 rings (SSSR count). The number of aliphatic imine (C=N–C) groups is 1. The average Bonchev–Trinajstić information content (AvgIpc) is 2.96. The summed E-state index contributed by atoms with van der Waals surface area (Å²) in [7, 11) is 1.80. The molecule has 0 spiro atoms. The van der Waals surface area contributed by atoms with E-state index in [1.807, 2.05) is 26.8 Å². The summed E-state index contributed by atoms with van der Waals surface area (Å²) >= 11 is 1.72. The first-order valence-corrected chi connectivity index (χ1v) is 10.2. The number of piperidine rings is 1. The van der Waals surface area contributed by atoms with Gasteiger partial charge >= 0.3 is 0 Å². The summed E-state index contributed by atoms with van der Waals surface area (Å²) < 4.78 is 13.4. The van der Waals surface area contributed by atoms with Crippen LogP contribution in [0.4, 0.5) is 10.1 Å². The second-order valence-corrected chi connectivity index (χ2v) is 8.32. The van der Waals surface area contributed by atoms with Gasteiger partial charge in [0.1, 0.15) is 5.82 Å². The zero-order valence-corrected chi connectivity index (χ0v) is 20.0. The third-order valence-electron chi connectivity index (χ3n) is 4.90. The molecule has 1 aliphatic rings. The molecule has 1 fully saturated rings. The predicted molar refractivity (Wildman–Crippen MR) is 127 cm³/mol. The van der Waals surface area contributed by atoms with Crippen LogP contribution in [0.5, 0.6) is 0 Å². The molecule has 5 nitrogen and oxygen atoms in total. The molecule has 154 valence electrons. The summed E-state index contributed by atoms with van der Waals surface area (Å²) in [5, 5.41) is 8.03. The maximum atomic E-state index is 13.4. The van der Waals surface area contributed by atoms with E-state index >= 15 is 0 Å². The van der Waals surface area contributed by atoms with Crippen LogP contribution >= 0.6 is 35.3 Å². The smallest absolute Gasteiger partial charge is 0.191 e. The fraction of sp³-hybridized carbons (Fsp3) is 0.500. The van der Waals surface area contributed by atoms with Gasteiger partial charge in [-0.3, -0.25) is 4.99 Å². The van der Waals surface area contributed by atoms with Gasteiger partial charge < -0.3 is 15.5 Å². The van der Waals surface area contributed by atoms with Gasteiger partial charge in [-0.15, -0.1) is 35.3 Å².